The molecule has 0 radical (unpaired) electrons. The summed E-state index contributed by atoms with van der Waals surface area (Å²) >= 11 is 0.966. The van der Waals surface area contributed by atoms with Crippen molar-refractivity contribution in [1.29, 1.82) is 0 Å². The lowest BCUT2D eigenvalue weighted by Crippen LogP contribution is -2.31. The molecule has 0 bridgehead atoms. The van der Waals surface area contributed by atoms with E-state index in [4.69, 9.17) is 9.97 Å². The molecular formula is C26H21N7O2S. The maximum absolute atomic E-state index is 13.4. The first-order chi connectivity index (χ1) is 17.5. The molecule has 0 aliphatic carbocycles. The highest BCUT2D eigenvalue weighted by Crippen LogP contribution is 2.42. The fraction of sp³-hybridized carbons (Fsp3) is 0.192. The van der Waals surface area contributed by atoms with Gasteiger partial charge in [0.2, 0.25) is 11.6 Å². The largest absolute Gasteiger partial charge is 0.297 e. The van der Waals surface area contributed by atoms with Crippen molar-refractivity contribution >= 4 is 33.8 Å². The summed E-state index contributed by atoms with van der Waals surface area (Å²) in [5.74, 6) is 0.735. The minimum atomic E-state index is -0.816. The molecule has 0 saturated heterocycles. The van der Waals surface area contributed by atoms with E-state index in [1.54, 1.807) is 0 Å². The molecule has 5 aromatic rings. The molecule has 10 heteroatoms. The Hall–Kier alpha value is -4.18. The molecule has 1 aliphatic rings. The molecule has 1 N–H and O–H groups in total. The summed E-state index contributed by atoms with van der Waals surface area (Å²) in [6.45, 7) is 5.89. The fourth-order valence-electron chi connectivity index (χ4n) is 4.82. The monoisotopic (exact) mass is 495 g/mol. The van der Waals surface area contributed by atoms with Gasteiger partial charge in [0.15, 0.2) is 5.65 Å². The number of nitrogens with one attached hydrogen (secondary N) is 1. The highest BCUT2D eigenvalue weighted by Gasteiger charge is 2.38. The second kappa shape index (κ2) is 8.49. The number of thioether (sulfide) groups is 1. The topological polar surface area (TPSA) is 119 Å². The number of carbonyl (C=O) groups is 2. The van der Waals surface area contributed by atoms with Crippen LogP contribution in [-0.4, -0.2) is 46.1 Å². The molecule has 0 fully saturated rings. The second-order valence-electron chi connectivity index (χ2n) is 8.69. The van der Waals surface area contributed by atoms with Gasteiger partial charge < -0.3 is 0 Å². The SMILES string of the molecule is CCc1nc2c(C)cc(C)nc2n1C1C(=O)C(=O)Sc2cc(-c3ccccc3-c3nn[nH]n3)ccc21. The zero-order chi connectivity index (χ0) is 25.0. The van der Waals surface area contributed by atoms with Gasteiger partial charge in [-0.3, -0.25) is 14.2 Å². The molecular weight excluding hydrogens is 474 g/mol. The first-order valence-electron chi connectivity index (χ1n) is 11.5. The fourth-order valence-corrected chi connectivity index (χ4v) is 5.72. The maximum Gasteiger partial charge on any atom is 0.262 e. The minimum absolute atomic E-state index is 0.470. The quantitative estimate of drug-likeness (QED) is 0.368. The van der Waals surface area contributed by atoms with Crippen LogP contribution in [0.1, 0.15) is 35.6 Å². The van der Waals surface area contributed by atoms with Gasteiger partial charge in [-0.05, 0) is 65.2 Å². The number of fused-ring (bicyclic) bond motifs is 2. The number of aryl methyl sites for hydroxylation is 3. The van der Waals surface area contributed by atoms with Crippen molar-refractivity contribution in [3.63, 3.8) is 0 Å². The van der Waals surface area contributed by atoms with Crippen molar-refractivity contribution in [3.8, 4) is 22.5 Å². The van der Waals surface area contributed by atoms with E-state index in [1.807, 2.05) is 73.9 Å². The average molecular weight is 496 g/mol. The van der Waals surface area contributed by atoms with E-state index in [0.29, 0.717) is 17.9 Å². The number of aromatic amines is 1. The van der Waals surface area contributed by atoms with Crippen molar-refractivity contribution in [2.45, 2.75) is 38.1 Å². The molecule has 4 heterocycles. The Bertz CT molecular complexity index is 1670. The smallest absolute Gasteiger partial charge is 0.262 e. The number of imidazole rings is 1. The summed E-state index contributed by atoms with van der Waals surface area (Å²) in [5.41, 5.74) is 6.57. The molecule has 36 heavy (non-hydrogen) atoms. The lowest BCUT2D eigenvalue weighted by molar-refractivity contribution is -0.133. The first kappa shape index (κ1) is 22.3. The molecule has 6 rings (SSSR count). The number of hydrogen-bond donors (Lipinski definition) is 1. The Labute approximate surface area is 210 Å². The third kappa shape index (κ3) is 3.44. The molecule has 1 aliphatic heterocycles. The van der Waals surface area contributed by atoms with E-state index in [2.05, 4.69) is 20.6 Å². The van der Waals surface area contributed by atoms with E-state index in [-0.39, 0.29) is 0 Å². The molecule has 0 saturated carbocycles. The van der Waals surface area contributed by atoms with Crippen LogP contribution >= 0.6 is 11.8 Å². The van der Waals surface area contributed by atoms with E-state index in [0.717, 1.165) is 61.5 Å². The zero-order valence-electron chi connectivity index (χ0n) is 19.8. The standard InChI is InChI=1S/C26H21N7O2S/c1-4-20-28-21-13(2)11-14(3)27-25(21)33(20)22-18-10-9-15(12-19(18)36-26(35)23(22)34)16-7-5-6-8-17(16)24-29-31-32-30-24/h5-12,22H,4H2,1-3H3,(H,29,30,31,32). The molecule has 1 unspecified atom stereocenters. The lowest BCUT2D eigenvalue weighted by Gasteiger charge is -2.26. The number of benzene rings is 2. The summed E-state index contributed by atoms with van der Waals surface area (Å²) in [7, 11) is 0. The van der Waals surface area contributed by atoms with Gasteiger partial charge in [0.05, 0.1) is 0 Å². The van der Waals surface area contributed by atoms with Crippen molar-refractivity contribution < 1.29 is 9.59 Å². The van der Waals surface area contributed by atoms with Gasteiger partial charge in [-0.2, -0.15) is 5.21 Å². The Balaban J connectivity index is 1.55. The zero-order valence-corrected chi connectivity index (χ0v) is 20.6. The Morgan fingerprint density at radius 2 is 1.83 bits per heavy atom. The Morgan fingerprint density at radius 1 is 1.03 bits per heavy atom. The summed E-state index contributed by atoms with van der Waals surface area (Å²) < 4.78 is 1.85. The van der Waals surface area contributed by atoms with Gasteiger partial charge >= 0.3 is 0 Å². The molecule has 0 amide bonds. The number of aromatic nitrogens is 7. The molecule has 1 atom stereocenters. The van der Waals surface area contributed by atoms with Crippen molar-refractivity contribution in [2.24, 2.45) is 0 Å². The van der Waals surface area contributed by atoms with Gasteiger partial charge in [-0.25, -0.2) is 9.97 Å². The lowest BCUT2D eigenvalue weighted by atomic mass is 9.95. The van der Waals surface area contributed by atoms with Gasteiger partial charge in [0.25, 0.3) is 5.12 Å². The second-order valence-corrected chi connectivity index (χ2v) is 9.71. The Morgan fingerprint density at radius 3 is 2.58 bits per heavy atom. The number of nitrogens with zero attached hydrogens (tertiary/aromatic N) is 6. The van der Waals surface area contributed by atoms with E-state index in [1.165, 1.54) is 0 Å². The van der Waals surface area contributed by atoms with E-state index >= 15 is 0 Å². The van der Waals surface area contributed by atoms with Crippen molar-refractivity contribution in [1.82, 2.24) is 35.2 Å². The van der Waals surface area contributed by atoms with Crippen LogP contribution in [-0.2, 0) is 16.0 Å². The molecule has 0 spiro atoms. The number of Topliss-reactive ketones (excluding diaryl/α,β-unsaturated/α-hetero) is 1. The summed E-state index contributed by atoms with van der Waals surface area (Å²) in [5, 5.41) is 13.9. The average Bonchev–Trinajstić information content (AvgIpc) is 3.53. The van der Waals surface area contributed by atoms with Crippen LogP contribution in [0.5, 0.6) is 0 Å². The molecule has 9 nitrogen and oxygen atoms in total. The van der Waals surface area contributed by atoms with Crippen LogP contribution in [0.2, 0.25) is 0 Å². The van der Waals surface area contributed by atoms with Crippen LogP contribution in [0.3, 0.4) is 0 Å². The third-order valence-electron chi connectivity index (χ3n) is 6.40. The number of rotatable bonds is 4. The van der Waals surface area contributed by atoms with Crippen LogP contribution in [0.25, 0.3) is 33.7 Å². The normalized spacial score (nSPS) is 15.5. The van der Waals surface area contributed by atoms with Crippen LogP contribution < -0.4 is 0 Å². The summed E-state index contributed by atoms with van der Waals surface area (Å²) in [4.78, 5) is 36.6. The van der Waals surface area contributed by atoms with Gasteiger partial charge in [-0.15, -0.1) is 10.2 Å². The predicted octanol–water partition coefficient (Wildman–Crippen LogP) is 4.25. The molecule has 3 aromatic heterocycles. The number of hydrogen-bond acceptors (Lipinski definition) is 8. The number of H-pyrrole nitrogens is 1. The number of ketones is 1. The predicted molar refractivity (Wildman–Crippen MR) is 135 cm³/mol. The summed E-state index contributed by atoms with van der Waals surface area (Å²) in [6, 6.07) is 14.7. The Kier molecular flexibility index (Phi) is 5.26. The van der Waals surface area contributed by atoms with E-state index in [9.17, 15) is 9.59 Å². The van der Waals surface area contributed by atoms with Gasteiger partial charge in [0.1, 0.15) is 17.4 Å². The van der Waals surface area contributed by atoms with Crippen LogP contribution in [0, 0.1) is 13.8 Å². The van der Waals surface area contributed by atoms with Gasteiger partial charge in [-0.1, -0.05) is 43.3 Å². The van der Waals surface area contributed by atoms with E-state index < -0.39 is 16.9 Å². The van der Waals surface area contributed by atoms with Crippen molar-refractivity contribution in [2.75, 3.05) is 0 Å². The van der Waals surface area contributed by atoms with Crippen molar-refractivity contribution in [3.05, 3.63) is 71.2 Å². The minimum Gasteiger partial charge on any atom is -0.297 e. The maximum atomic E-state index is 13.4. The van der Waals surface area contributed by atoms with Gasteiger partial charge in [0, 0.05) is 22.6 Å². The highest BCUT2D eigenvalue weighted by molar-refractivity contribution is 8.15. The van der Waals surface area contributed by atoms with Crippen LogP contribution in [0.15, 0.2) is 53.4 Å². The number of tetrazole rings is 1. The summed E-state index contributed by atoms with van der Waals surface area (Å²) in [6.07, 6.45) is 0.603. The number of carbonyl (C=O) groups excluding carboxylic acids is 2. The van der Waals surface area contributed by atoms with Crippen LogP contribution in [0.4, 0.5) is 0 Å². The highest BCUT2D eigenvalue weighted by atomic mass is 32.2. The number of pyridine rings is 1. The molecule has 2 aromatic carbocycles. The third-order valence-corrected chi connectivity index (χ3v) is 7.36. The molecule has 178 valence electrons. The first-order valence-corrected chi connectivity index (χ1v) is 12.4.